The van der Waals surface area contributed by atoms with Gasteiger partial charge in [0.15, 0.2) is 5.69 Å². The number of rotatable bonds is 8. The highest BCUT2D eigenvalue weighted by molar-refractivity contribution is 5.91. The van der Waals surface area contributed by atoms with Crippen LogP contribution in [0.3, 0.4) is 0 Å². The Bertz CT molecular complexity index is 515. The second-order valence-electron chi connectivity index (χ2n) is 5.56. The van der Waals surface area contributed by atoms with E-state index in [-0.39, 0.29) is 23.6 Å². The Morgan fingerprint density at radius 2 is 2.41 bits per heavy atom. The van der Waals surface area contributed by atoms with Gasteiger partial charge in [0.05, 0.1) is 6.04 Å². The third kappa shape index (κ3) is 4.30. The minimum absolute atomic E-state index is 0.206. The molecule has 1 aliphatic heterocycles. The standard InChI is InChI=1S/C15H24N4O3/c1-2-5-11(16)15-18-12(10-22-15)14(21)17-7-4-9-19-8-3-6-13(19)20/h10-11H,2-9,16H2,1H3,(H,17,21). The number of aromatic nitrogens is 1. The predicted molar refractivity (Wildman–Crippen MR) is 81.1 cm³/mol. The van der Waals surface area contributed by atoms with Crippen LogP contribution in [0.1, 0.15) is 61.4 Å². The van der Waals surface area contributed by atoms with Crippen LogP contribution in [0.5, 0.6) is 0 Å². The monoisotopic (exact) mass is 308 g/mol. The van der Waals surface area contributed by atoms with E-state index in [0.29, 0.717) is 25.4 Å². The van der Waals surface area contributed by atoms with Crippen molar-refractivity contribution in [2.24, 2.45) is 5.73 Å². The van der Waals surface area contributed by atoms with E-state index < -0.39 is 0 Å². The van der Waals surface area contributed by atoms with Gasteiger partial charge >= 0.3 is 0 Å². The van der Waals surface area contributed by atoms with Crippen molar-refractivity contribution < 1.29 is 14.0 Å². The summed E-state index contributed by atoms with van der Waals surface area (Å²) in [5.41, 5.74) is 6.15. The average molecular weight is 308 g/mol. The molecule has 0 aliphatic carbocycles. The fourth-order valence-corrected chi connectivity index (χ4v) is 2.50. The van der Waals surface area contributed by atoms with Gasteiger partial charge in [0.1, 0.15) is 6.26 Å². The quantitative estimate of drug-likeness (QED) is 0.703. The number of oxazole rings is 1. The Morgan fingerprint density at radius 1 is 1.59 bits per heavy atom. The van der Waals surface area contributed by atoms with E-state index in [1.807, 2.05) is 11.8 Å². The summed E-state index contributed by atoms with van der Waals surface area (Å²) in [5, 5.41) is 2.78. The predicted octanol–water partition coefficient (Wildman–Crippen LogP) is 1.22. The Balaban J connectivity index is 1.72. The Labute approximate surface area is 130 Å². The van der Waals surface area contributed by atoms with Crippen molar-refractivity contribution in [1.82, 2.24) is 15.2 Å². The maximum Gasteiger partial charge on any atom is 0.273 e. The molecule has 22 heavy (non-hydrogen) atoms. The van der Waals surface area contributed by atoms with Gasteiger partial charge < -0.3 is 20.4 Å². The van der Waals surface area contributed by atoms with Gasteiger partial charge in [-0.3, -0.25) is 9.59 Å². The summed E-state index contributed by atoms with van der Waals surface area (Å²) >= 11 is 0. The molecule has 0 radical (unpaired) electrons. The highest BCUT2D eigenvalue weighted by atomic mass is 16.3. The number of carbonyl (C=O) groups is 2. The summed E-state index contributed by atoms with van der Waals surface area (Å²) in [6.45, 7) is 4.05. The summed E-state index contributed by atoms with van der Waals surface area (Å²) in [7, 11) is 0. The lowest BCUT2D eigenvalue weighted by molar-refractivity contribution is -0.127. The highest BCUT2D eigenvalue weighted by Gasteiger charge is 2.19. The highest BCUT2D eigenvalue weighted by Crippen LogP contribution is 2.15. The van der Waals surface area contributed by atoms with Crippen molar-refractivity contribution in [3.63, 3.8) is 0 Å². The van der Waals surface area contributed by atoms with E-state index in [1.165, 1.54) is 6.26 Å². The van der Waals surface area contributed by atoms with Crippen LogP contribution in [0.4, 0.5) is 0 Å². The maximum atomic E-state index is 11.9. The smallest absolute Gasteiger partial charge is 0.273 e. The fraction of sp³-hybridized carbons (Fsp3) is 0.667. The molecule has 7 nitrogen and oxygen atoms in total. The summed E-state index contributed by atoms with van der Waals surface area (Å²) in [4.78, 5) is 29.4. The van der Waals surface area contributed by atoms with Crippen LogP contribution in [0.25, 0.3) is 0 Å². The lowest BCUT2D eigenvalue weighted by atomic mass is 10.2. The molecular weight excluding hydrogens is 284 g/mol. The molecular formula is C15H24N4O3. The van der Waals surface area contributed by atoms with Gasteiger partial charge in [-0.1, -0.05) is 13.3 Å². The molecule has 0 bridgehead atoms. The molecule has 7 heteroatoms. The van der Waals surface area contributed by atoms with Gasteiger partial charge in [0, 0.05) is 26.1 Å². The number of hydrogen-bond acceptors (Lipinski definition) is 5. The third-order valence-electron chi connectivity index (χ3n) is 3.73. The zero-order valence-corrected chi connectivity index (χ0v) is 13.0. The number of hydrogen-bond donors (Lipinski definition) is 2. The first-order chi connectivity index (χ1) is 10.6. The zero-order valence-electron chi connectivity index (χ0n) is 13.0. The van der Waals surface area contributed by atoms with Gasteiger partial charge in [-0.05, 0) is 19.3 Å². The molecule has 1 aromatic heterocycles. The molecule has 3 N–H and O–H groups in total. The first-order valence-corrected chi connectivity index (χ1v) is 7.88. The molecule has 122 valence electrons. The second kappa shape index (κ2) is 7.93. The first kappa shape index (κ1) is 16.5. The summed E-state index contributed by atoms with van der Waals surface area (Å²) in [6, 6.07) is -0.271. The SMILES string of the molecule is CCCC(N)c1nc(C(=O)NCCCN2CCCC2=O)co1. The lowest BCUT2D eigenvalue weighted by Crippen LogP contribution is -2.30. The van der Waals surface area contributed by atoms with E-state index in [9.17, 15) is 9.59 Å². The van der Waals surface area contributed by atoms with Crippen molar-refractivity contribution in [2.75, 3.05) is 19.6 Å². The van der Waals surface area contributed by atoms with Crippen LogP contribution in [0.15, 0.2) is 10.7 Å². The van der Waals surface area contributed by atoms with Crippen LogP contribution in [-0.2, 0) is 4.79 Å². The molecule has 1 unspecified atom stereocenters. The first-order valence-electron chi connectivity index (χ1n) is 7.88. The van der Waals surface area contributed by atoms with Crippen LogP contribution >= 0.6 is 0 Å². The number of nitrogens with one attached hydrogen (secondary N) is 1. The Hall–Kier alpha value is -1.89. The number of nitrogens with two attached hydrogens (primary N) is 1. The normalized spacial score (nSPS) is 16.1. The molecule has 0 saturated carbocycles. The molecule has 1 aliphatic rings. The molecule has 2 amide bonds. The number of carbonyl (C=O) groups excluding carboxylic acids is 2. The minimum atomic E-state index is -0.272. The third-order valence-corrected chi connectivity index (χ3v) is 3.73. The largest absolute Gasteiger partial charge is 0.446 e. The lowest BCUT2D eigenvalue weighted by Gasteiger charge is -2.14. The van der Waals surface area contributed by atoms with Crippen molar-refractivity contribution in [1.29, 1.82) is 0 Å². The summed E-state index contributed by atoms with van der Waals surface area (Å²) in [6.07, 6.45) is 5.35. The van der Waals surface area contributed by atoms with Crippen LogP contribution in [-0.4, -0.2) is 41.3 Å². The van der Waals surface area contributed by atoms with Crippen molar-refractivity contribution in [3.05, 3.63) is 17.8 Å². The van der Waals surface area contributed by atoms with Crippen LogP contribution in [0, 0.1) is 0 Å². The van der Waals surface area contributed by atoms with E-state index in [1.54, 1.807) is 0 Å². The molecule has 0 spiro atoms. The molecule has 2 rings (SSSR count). The maximum absolute atomic E-state index is 11.9. The van der Waals surface area contributed by atoms with Crippen molar-refractivity contribution in [2.45, 2.75) is 45.1 Å². The average Bonchev–Trinajstić information content (AvgIpc) is 3.13. The Kier molecular flexibility index (Phi) is 5.94. The molecule has 0 aromatic carbocycles. The topological polar surface area (TPSA) is 101 Å². The second-order valence-corrected chi connectivity index (χ2v) is 5.56. The van der Waals surface area contributed by atoms with E-state index in [2.05, 4.69) is 10.3 Å². The molecule has 2 heterocycles. The van der Waals surface area contributed by atoms with Gasteiger partial charge in [0.25, 0.3) is 5.91 Å². The van der Waals surface area contributed by atoms with Gasteiger partial charge in [-0.25, -0.2) is 4.98 Å². The number of amides is 2. The number of likely N-dealkylation sites (tertiary alicyclic amines) is 1. The van der Waals surface area contributed by atoms with Crippen LogP contribution in [0.2, 0.25) is 0 Å². The Morgan fingerprint density at radius 3 is 3.09 bits per heavy atom. The van der Waals surface area contributed by atoms with Crippen molar-refractivity contribution >= 4 is 11.8 Å². The van der Waals surface area contributed by atoms with Crippen LogP contribution < -0.4 is 11.1 Å². The zero-order chi connectivity index (χ0) is 15.9. The van der Waals surface area contributed by atoms with E-state index in [4.69, 9.17) is 10.2 Å². The summed E-state index contributed by atoms with van der Waals surface area (Å²) < 4.78 is 5.25. The van der Waals surface area contributed by atoms with E-state index >= 15 is 0 Å². The summed E-state index contributed by atoms with van der Waals surface area (Å²) in [5.74, 6) is 0.332. The minimum Gasteiger partial charge on any atom is -0.446 e. The molecule has 1 saturated heterocycles. The molecule has 1 atom stereocenters. The molecule has 1 fully saturated rings. The van der Waals surface area contributed by atoms with Gasteiger partial charge in [-0.15, -0.1) is 0 Å². The van der Waals surface area contributed by atoms with Gasteiger partial charge in [0.2, 0.25) is 11.8 Å². The number of nitrogens with zero attached hydrogens (tertiary/aromatic N) is 2. The molecule has 1 aromatic rings. The fourth-order valence-electron chi connectivity index (χ4n) is 2.50. The van der Waals surface area contributed by atoms with E-state index in [0.717, 1.165) is 32.2 Å². The van der Waals surface area contributed by atoms with Gasteiger partial charge in [-0.2, -0.15) is 0 Å². The van der Waals surface area contributed by atoms with Crippen molar-refractivity contribution in [3.8, 4) is 0 Å².